The second-order valence-corrected chi connectivity index (χ2v) is 6.36. The van der Waals surface area contributed by atoms with E-state index in [2.05, 4.69) is 15.4 Å². The van der Waals surface area contributed by atoms with E-state index in [1.54, 1.807) is 55.5 Å². The summed E-state index contributed by atoms with van der Waals surface area (Å²) in [6, 6.07) is 12.9. The first-order valence-corrected chi connectivity index (χ1v) is 8.48. The number of nitrogens with one attached hydrogen (secondary N) is 1. The zero-order valence-corrected chi connectivity index (χ0v) is 15.2. The van der Waals surface area contributed by atoms with Crippen molar-refractivity contribution in [2.24, 2.45) is 0 Å². The summed E-state index contributed by atoms with van der Waals surface area (Å²) >= 11 is 11.9. The Bertz CT molecular complexity index is 1000. The van der Waals surface area contributed by atoms with Gasteiger partial charge in [-0.3, -0.25) is 4.79 Å². The van der Waals surface area contributed by atoms with Crippen molar-refractivity contribution in [3.8, 4) is 11.3 Å². The first-order valence-electron chi connectivity index (χ1n) is 7.73. The maximum Gasteiger partial charge on any atom is 0.365 e. The summed E-state index contributed by atoms with van der Waals surface area (Å²) in [7, 11) is 0. The van der Waals surface area contributed by atoms with Crippen molar-refractivity contribution >= 4 is 34.8 Å². The maximum absolute atomic E-state index is 12.4. The number of rotatable bonds is 4. The van der Waals surface area contributed by atoms with Gasteiger partial charge in [0.25, 0.3) is 0 Å². The zero-order chi connectivity index (χ0) is 18.7. The highest BCUT2D eigenvalue weighted by Gasteiger charge is 2.19. The van der Waals surface area contributed by atoms with Crippen LogP contribution in [0.4, 0.5) is 5.69 Å². The molecule has 3 aromatic rings. The van der Waals surface area contributed by atoms with Gasteiger partial charge in [-0.1, -0.05) is 47.5 Å². The van der Waals surface area contributed by atoms with Gasteiger partial charge in [0.05, 0.1) is 22.6 Å². The highest BCUT2D eigenvalue weighted by atomic mass is 35.5. The molecule has 0 fully saturated rings. The lowest BCUT2D eigenvalue weighted by molar-refractivity contribution is -0.119. The third-order valence-electron chi connectivity index (χ3n) is 3.73. The van der Waals surface area contributed by atoms with Crippen LogP contribution < -0.4 is 11.0 Å². The van der Waals surface area contributed by atoms with Crippen molar-refractivity contribution in [2.75, 3.05) is 5.32 Å². The van der Waals surface area contributed by atoms with Crippen molar-refractivity contribution in [1.29, 1.82) is 0 Å². The smallest absolute Gasteiger partial charge is 0.323 e. The molecular formula is C18H14Cl2N4O2. The SMILES string of the molecule is C[C@H](C(=O)Nc1ccccc1Cl)n1ncc(-c2ccc(Cl)cc2)nc1=O. The van der Waals surface area contributed by atoms with Gasteiger partial charge in [-0.05, 0) is 31.2 Å². The monoisotopic (exact) mass is 388 g/mol. The molecular weight excluding hydrogens is 375 g/mol. The van der Waals surface area contributed by atoms with E-state index in [4.69, 9.17) is 23.2 Å². The van der Waals surface area contributed by atoms with Gasteiger partial charge < -0.3 is 5.32 Å². The van der Waals surface area contributed by atoms with Crippen LogP contribution in [0.15, 0.2) is 59.5 Å². The van der Waals surface area contributed by atoms with Gasteiger partial charge >= 0.3 is 5.69 Å². The van der Waals surface area contributed by atoms with E-state index in [1.165, 1.54) is 6.20 Å². The van der Waals surface area contributed by atoms with Crippen molar-refractivity contribution in [1.82, 2.24) is 14.8 Å². The Kier molecular flexibility index (Phi) is 5.35. The number of hydrogen-bond donors (Lipinski definition) is 1. The minimum absolute atomic E-state index is 0.404. The first-order chi connectivity index (χ1) is 12.5. The molecule has 26 heavy (non-hydrogen) atoms. The summed E-state index contributed by atoms with van der Waals surface area (Å²) in [5.74, 6) is -0.422. The Hall–Kier alpha value is -2.70. The van der Waals surface area contributed by atoms with Gasteiger partial charge in [-0.2, -0.15) is 10.1 Å². The number of para-hydroxylation sites is 1. The summed E-state index contributed by atoms with van der Waals surface area (Å²) in [5, 5.41) is 7.74. The lowest BCUT2D eigenvalue weighted by Gasteiger charge is -2.14. The molecule has 1 aromatic heterocycles. The number of anilines is 1. The van der Waals surface area contributed by atoms with Crippen LogP contribution >= 0.6 is 23.2 Å². The molecule has 0 aliphatic rings. The molecule has 0 bridgehead atoms. The summed E-state index contributed by atoms with van der Waals surface area (Å²) < 4.78 is 1.02. The minimum atomic E-state index is -0.856. The number of halogens is 2. The number of carbonyl (C=O) groups excluding carboxylic acids is 1. The fourth-order valence-electron chi connectivity index (χ4n) is 2.29. The average molecular weight is 389 g/mol. The largest absolute Gasteiger partial charge is 0.365 e. The molecule has 3 rings (SSSR count). The molecule has 0 aliphatic carbocycles. The lowest BCUT2D eigenvalue weighted by atomic mass is 10.2. The Morgan fingerprint density at radius 1 is 1.12 bits per heavy atom. The molecule has 2 aromatic carbocycles. The van der Waals surface area contributed by atoms with Crippen LogP contribution in [0.25, 0.3) is 11.3 Å². The fraction of sp³-hybridized carbons (Fsp3) is 0.111. The number of hydrogen-bond acceptors (Lipinski definition) is 4. The van der Waals surface area contributed by atoms with E-state index in [-0.39, 0.29) is 0 Å². The van der Waals surface area contributed by atoms with E-state index < -0.39 is 17.6 Å². The maximum atomic E-state index is 12.4. The van der Waals surface area contributed by atoms with Crippen molar-refractivity contribution in [2.45, 2.75) is 13.0 Å². The van der Waals surface area contributed by atoms with E-state index in [1.807, 2.05) is 0 Å². The zero-order valence-electron chi connectivity index (χ0n) is 13.7. The molecule has 1 amide bonds. The third kappa shape index (κ3) is 3.92. The van der Waals surface area contributed by atoms with Crippen LogP contribution in [-0.4, -0.2) is 20.7 Å². The number of benzene rings is 2. The van der Waals surface area contributed by atoms with Crippen molar-refractivity contribution < 1.29 is 4.79 Å². The Balaban J connectivity index is 1.82. The van der Waals surface area contributed by atoms with E-state index >= 15 is 0 Å². The van der Waals surface area contributed by atoms with Crippen molar-refractivity contribution in [3.63, 3.8) is 0 Å². The number of aromatic nitrogens is 3. The standard InChI is InChI=1S/C18H14Cl2N4O2/c1-11(17(25)22-15-5-3-2-4-14(15)20)24-18(26)23-16(10-21-24)12-6-8-13(19)9-7-12/h2-11H,1H3,(H,22,25)/t11-/m1/s1. The molecule has 1 atom stereocenters. The van der Waals surface area contributed by atoms with Crippen LogP contribution in [0, 0.1) is 0 Å². The molecule has 1 heterocycles. The molecule has 0 saturated carbocycles. The number of amides is 1. The van der Waals surface area contributed by atoms with E-state index in [0.29, 0.717) is 27.0 Å². The molecule has 1 N–H and O–H groups in total. The summed E-state index contributed by atoms with van der Waals surface area (Å²) in [6.07, 6.45) is 1.43. The first kappa shape index (κ1) is 18.1. The second-order valence-electron chi connectivity index (χ2n) is 5.52. The Morgan fingerprint density at radius 3 is 2.46 bits per heavy atom. The van der Waals surface area contributed by atoms with Crippen LogP contribution in [0.1, 0.15) is 13.0 Å². The summed E-state index contributed by atoms with van der Waals surface area (Å²) in [4.78, 5) is 28.7. The van der Waals surface area contributed by atoms with Crippen LogP contribution in [0.2, 0.25) is 10.0 Å². The second kappa shape index (κ2) is 7.68. The third-order valence-corrected chi connectivity index (χ3v) is 4.32. The fourth-order valence-corrected chi connectivity index (χ4v) is 2.59. The number of carbonyl (C=O) groups is 1. The molecule has 0 unspecified atom stereocenters. The van der Waals surface area contributed by atoms with E-state index in [9.17, 15) is 9.59 Å². The van der Waals surface area contributed by atoms with Crippen LogP contribution in [0.5, 0.6) is 0 Å². The van der Waals surface area contributed by atoms with Gasteiger partial charge in [0.1, 0.15) is 6.04 Å². The van der Waals surface area contributed by atoms with Gasteiger partial charge in [0.15, 0.2) is 0 Å². The quantitative estimate of drug-likeness (QED) is 0.736. The molecule has 8 heteroatoms. The van der Waals surface area contributed by atoms with Crippen molar-refractivity contribution in [3.05, 3.63) is 75.3 Å². The van der Waals surface area contributed by atoms with Gasteiger partial charge in [0, 0.05) is 10.6 Å². The van der Waals surface area contributed by atoms with Crippen LogP contribution in [0.3, 0.4) is 0 Å². The van der Waals surface area contributed by atoms with Gasteiger partial charge in [-0.25, -0.2) is 9.48 Å². The van der Waals surface area contributed by atoms with Crippen LogP contribution in [-0.2, 0) is 4.79 Å². The average Bonchev–Trinajstić information content (AvgIpc) is 2.63. The van der Waals surface area contributed by atoms with Gasteiger partial charge in [-0.15, -0.1) is 0 Å². The van der Waals surface area contributed by atoms with Gasteiger partial charge in [0.2, 0.25) is 5.91 Å². The summed E-state index contributed by atoms with van der Waals surface area (Å²) in [5.41, 5.74) is 0.949. The molecule has 6 nitrogen and oxygen atoms in total. The number of nitrogens with zero attached hydrogens (tertiary/aromatic N) is 3. The predicted octanol–water partition coefficient (Wildman–Crippen LogP) is 3.81. The molecule has 0 spiro atoms. The topological polar surface area (TPSA) is 76.9 Å². The molecule has 132 valence electrons. The highest BCUT2D eigenvalue weighted by molar-refractivity contribution is 6.33. The highest BCUT2D eigenvalue weighted by Crippen LogP contribution is 2.22. The lowest BCUT2D eigenvalue weighted by Crippen LogP contribution is -2.34. The molecule has 0 radical (unpaired) electrons. The Labute approximate surface area is 159 Å². The predicted molar refractivity (Wildman–Crippen MR) is 102 cm³/mol. The normalized spacial score (nSPS) is 11.8. The van der Waals surface area contributed by atoms with E-state index in [0.717, 1.165) is 4.68 Å². The Morgan fingerprint density at radius 2 is 1.81 bits per heavy atom. The molecule has 0 saturated heterocycles. The minimum Gasteiger partial charge on any atom is -0.323 e. The summed E-state index contributed by atoms with van der Waals surface area (Å²) in [6.45, 7) is 1.56. The molecule has 0 aliphatic heterocycles.